The lowest BCUT2D eigenvalue weighted by molar-refractivity contribution is -0.118. The number of carbonyl (C=O) groups excluding carboxylic acids is 1. The van der Waals surface area contributed by atoms with E-state index in [2.05, 4.69) is 29.4 Å². The molecule has 0 aliphatic rings. The minimum atomic E-state index is -0.267. The van der Waals surface area contributed by atoms with Crippen molar-refractivity contribution < 1.29 is 14.3 Å². The van der Waals surface area contributed by atoms with Crippen LogP contribution in [0.3, 0.4) is 0 Å². The normalized spacial score (nSPS) is 10.4. The van der Waals surface area contributed by atoms with Gasteiger partial charge in [0.15, 0.2) is 18.1 Å². The smallest absolute Gasteiger partial charge is 0.262 e. The third-order valence-electron chi connectivity index (χ3n) is 4.52. The minimum absolute atomic E-state index is 0. The summed E-state index contributed by atoms with van der Waals surface area (Å²) in [6.07, 6.45) is 0. The molecule has 2 rings (SSSR count). The number of nitrogens with one attached hydrogen (secondary N) is 2. The highest BCUT2D eigenvalue weighted by Gasteiger charge is 2.14. The molecule has 2 N–H and O–H groups in total. The number of halogens is 2. The van der Waals surface area contributed by atoms with Gasteiger partial charge in [0.25, 0.3) is 5.91 Å². The molecule has 30 heavy (non-hydrogen) atoms. The summed E-state index contributed by atoms with van der Waals surface area (Å²) < 4.78 is 11.1. The number of likely N-dealkylation sites (N-methyl/N-ethyl adjacent to an activating group) is 1. The SMILES string of the molecule is CCN(CC)CCNCc1cc(Cl)c(OCC(=O)Nc2ccccc2)c(OC)c1.Cl. The molecule has 0 spiro atoms. The van der Waals surface area contributed by atoms with E-state index in [0.717, 1.165) is 31.7 Å². The number of amides is 1. The van der Waals surface area contributed by atoms with Crippen LogP contribution in [-0.2, 0) is 11.3 Å². The van der Waals surface area contributed by atoms with Crippen molar-refractivity contribution in [3.05, 3.63) is 53.1 Å². The Hall–Kier alpha value is -1.99. The maximum Gasteiger partial charge on any atom is 0.262 e. The second-order valence-corrected chi connectivity index (χ2v) is 6.92. The van der Waals surface area contributed by atoms with Gasteiger partial charge in [0.1, 0.15) is 0 Å². The van der Waals surface area contributed by atoms with Gasteiger partial charge in [0.2, 0.25) is 0 Å². The second kappa shape index (κ2) is 14.1. The van der Waals surface area contributed by atoms with Crippen molar-refractivity contribution in [2.75, 3.05) is 45.2 Å². The Balaban J connectivity index is 0.00000450. The van der Waals surface area contributed by atoms with Gasteiger partial charge < -0.3 is 25.0 Å². The first-order valence-electron chi connectivity index (χ1n) is 9.84. The maximum absolute atomic E-state index is 12.1. The lowest BCUT2D eigenvalue weighted by atomic mass is 10.2. The molecule has 0 unspecified atom stereocenters. The number of hydrogen-bond donors (Lipinski definition) is 2. The second-order valence-electron chi connectivity index (χ2n) is 6.52. The fraction of sp³-hybridized carbons (Fsp3) is 0.409. The summed E-state index contributed by atoms with van der Waals surface area (Å²) in [5.41, 5.74) is 1.71. The molecule has 0 bridgehead atoms. The Morgan fingerprint density at radius 3 is 2.47 bits per heavy atom. The molecule has 6 nitrogen and oxygen atoms in total. The molecule has 0 radical (unpaired) electrons. The molecule has 2 aromatic rings. The van der Waals surface area contributed by atoms with E-state index >= 15 is 0 Å². The molecule has 0 aromatic heterocycles. The average molecular weight is 456 g/mol. The first-order valence-corrected chi connectivity index (χ1v) is 10.2. The topological polar surface area (TPSA) is 62.8 Å². The molecular weight excluding hydrogens is 425 g/mol. The van der Waals surface area contributed by atoms with Crippen molar-refractivity contribution in [1.29, 1.82) is 0 Å². The zero-order chi connectivity index (χ0) is 21.1. The molecular formula is C22H31Cl2N3O3. The van der Waals surface area contributed by atoms with Crippen LogP contribution in [0.4, 0.5) is 5.69 Å². The van der Waals surface area contributed by atoms with E-state index in [1.54, 1.807) is 7.11 Å². The summed E-state index contributed by atoms with van der Waals surface area (Å²) in [5, 5.41) is 6.60. The first kappa shape index (κ1) is 26.0. The fourth-order valence-corrected chi connectivity index (χ4v) is 3.17. The lowest BCUT2D eigenvalue weighted by Gasteiger charge is -2.18. The van der Waals surface area contributed by atoms with Crippen molar-refractivity contribution in [1.82, 2.24) is 10.2 Å². The number of anilines is 1. The van der Waals surface area contributed by atoms with Crippen molar-refractivity contribution in [2.24, 2.45) is 0 Å². The predicted octanol–water partition coefficient (Wildman–Crippen LogP) is 4.22. The van der Waals surface area contributed by atoms with Gasteiger partial charge in [-0.3, -0.25) is 4.79 Å². The van der Waals surface area contributed by atoms with Crippen molar-refractivity contribution in [3.8, 4) is 11.5 Å². The van der Waals surface area contributed by atoms with Crippen molar-refractivity contribution in [2.45, 2.75) is 20.4 Å². The Bertz CT molecular complexity index is 772. The number of hydrogen-bond acceptors (Lipinski definition) is 5. The van der Waals surface area contributed by atoms with Crippen molar-refractivity contribution >= 4 is 35.6 Å². The maximum atomic E-state index is 12.1. The zero-order valence-corrected chi connectivity index (χ0v) is 19.3. The summed E-state index contributed by atoms with van der Waals surface area (Å²) in [4.78, 5) is 14.5. The van der Waals surface area contributed by atoms with Crippen LogP contribution in [0.1, 0.15) is 19.4 Å². The van der Waals surface area contributed by atoms with Crippen LogP contribution >= 0.6 is 24.0 Å². The summed E-state index contributed by atoms with van der Waals surface area (Å²) in [6, 6.07) is 12.9. The number of rotatable bonds is 12. The quantitative estimate of drug-likeness (QED) is 0.469. The molecule has 166 valence electrons. The molecule has 0 aliphatic heterocycles. The third-order valence-corrected chi connectivity index (χ3v) is 4.80. The minimum Gasteiger partial charge on any atom is -0.493 e. The Morgan fingerprint density at radius 1 is 1.13 bits per heavy atom. The number of ether oxygens (including phenoxy) is 2. The highest BCUT2D eigenvalue weighted by atomic mass is 35.5. The Morgan fingerprint density at radius 2 is 1.83 bits per heavy atom. The molecule has 0 heterocycles. The number of benzene rings is 2. The summed E-state index contributed by atoms with van der Waals surface area (Å²) in [7, 11) is 1.56. The van der Waals surface area contributed by atoms with Gasteiger partial charge in [-0.15, -0.1) is 12.4 Å². The first-order chi connectivity index (χ1) is 14.1. The summed E-state index contributed by atoms with van der Waals surface area (Å²) >= 11 is 6.39. The highest BCUT2D eigenvalue weighted by molar-refractivity contribution is 6.32. The monoisotopic (exact) mass is 455 g/mol. The molecule has 0 saturated heterocycles. The van der Waals surface area contributed by atoms with Gasteiger partial charge in [-0.2, -0.15) is 0 Å². The van der Waals surface area contributed by atoms with Crippen molar-refractivity contribution in [3.63, 3.8) is 0 Å². The van der Waals surface area contributed by atoms with Crippen LogP contribution in [0.25, 0.3) is 0 Å². The van der Waals surface area contributed by atoms with Crippen LogP contribution in [0, 0.1) is 0 Å². The van der Waals surface area contributed by atoms with Gasteiger partial charge in [-0.1, -0.05) is 43.6 Å². The van der Waals surface area contributed by atoms with Gasteiger partial charge in [-0.25, -0.2) is 0 Å². The van der Waals surface area contributed by atoms with Crippen LogP contribution in [0.5, 0.6) is 11.5 Å². The molecule has 0 saturated carbocycles. The van der Waals surface area contributed by atoms with Crippen LogP contribution in [0.15, 0.2) is 42.5 Å². The number of methoxy groups -OCH3 is 1. The van der Waals surface area contributed by atoms with E-state index in [9.17, 15) is 4.79 Å². The molecule has 1 amide bonds. The third kappa shape index (κ3) is 8.40. The van der Waals surface area contributed by atoms with Gasteiger partial charge in [-0.05, 0) is 42.9 Å². The summed E-state index contributed by atoms with van der Waals surface area (Å²) in [6.45, 7) is 8.80. The number of carbonyl (C=O) groups is 1. The van der Waals surface area contributed by atoms with E-state index in [0.29, 0.717) is 28.8 Å². The van der Waals surface area contributed by atoms with E-state index in [1.807, 2.05) is 42.5 Å². The van der Waals surface area contributed by atoms with Gasteiger partial charge in [0.05, 0.1) is 12.1 Å². The Kier molecular flexibility index (Phi) is 12.2. The Labute approximate surface area is 190 Å². The zero-order valence-electron chi connectivity index (χ0n) is 17.7. The van der Waals surface area contributed by atoms with E-state index in [-0.39, 0.29) is 24.9 Å². The molecule has 0 fully saturated rings. The van der Waals surface area contributed by atoms with Crippen LogP contribution in [0.2, 0.25) is 5.02 Å². The predicted molar refractivity (Wildman–Crippen MR) is 125 cm³/mol. The lowest BCUT2D eigenvalue weighted by Crippen LogP contribution is -2.31. The molecule has 2 aromatic carbocycles. The highest BCUT2D eigenvalue weighted by Crippen LogP contribution is 2.36. The van der Waals surface area contributed by atoms with E-state index in [1.165, 1.54) is 0 Å². The molecule has 8 heteroatoms. The standard InChI is InChI=1S/C22H30ClN3O3.ClH/c1-4-26(5-2)12-11-24-15-17-13-19(23)22(20(14-17)28-3)29-16-21(27)25-18-9-7-6-8-10-18;/h6-10,13-14,24H,4-5,11-12,15-16H2,1-3H3,(H,25,27);1H. The van der Waals surface area contributed by atoms with Gasteiger partial charge >= 0.3 is 0 Å². The molecule has 0 aliphatic carbocycles. The average Bonchev–Trinajstić information content (AvgIpc) is 2.73. The van der Waals surface area contributed by atoms with Gasteiger partial charge in [0, 0.05) is 25.3 Å². The van der Waals surface area contributed by atoms with E-state index < -0.39 is 0 Å². The number of para-hydroxylation sites is 1. The number of nitrogens with zero attached hydrogens (tertiary/aromatic N) is 1. The fourth-order valence-electron chi connectivity index (χ4n) is 2.88. The van der Waals surface area contributed by atoms with E-state index in [4.69, 9.17) is 21.1 Å². The van der Waals surface area contributed by atoms with Crippen LogP contribution in [-0.4, -0.2) is 50.7 Å². The molecule has 0 atom stereocenters. The summed E-state index contributed by atoms with van der Waals surface area (Å²) in [5.74, 6) is 0.603. The van der Waals surface area contributed by atoms with Crippen LogP contribution < -0.4 is 20.1 Å². The largest absolute Gasteiger partial charge is 0.493 e.